The van der Waals surface area contributed by atoms with Crippen LogP contribution < -0.4 is 5.32 Å². The van der Waals surface area contributed by atoms with E-state index in [4.69, 9.17) is 28.0 Å². The van der Waals surface area contributed by atoms with E-state index in [0.717, 1.165) is 23.3 Å². The summed E-state index contributed by atoms with van der Waals surface area (Å²) in [6.07, 6.45) is 11.3. The molecule has 1 N–H and O–H groups in total. The van der Waals surface area contributed by atoms with Gasteiger partial charge in [0.15, 0.2) is 0 Å². The van der Waals surface area contributed by atoms with Gasteiger partial charge in [-0.2, -0.15) is 5.10 Å². The van der Waals surface area contributed by atoms with E-state index in [-0.39, 0.29) is 11.4 Å². The van der Waals surface area contributed by atoms with Crippen molar-refractivity contribution in [3.8, 4) is 0 Å². The lowest BCUT2D eigenvalue weighted by atomic mass is 9.53. The summed E-state index contributed by atoms with van der Waals surface area (Å²) in [6.45, 7) is 0. The number of halogens is 2. The summed E-state index contributed by atoms with van der Waals surface area (Å²) in [6, 6.07) is 5.28. The van der Waals surface area contributed by atoms with Gasteiger partial charge in [0, 0.05) is 18.2 Å². The molecule has 1 aliphatic heterocycles. The van der Waals surface area contributed by atoms with Crippen LogP contribution in [0.4, 0.5) is 5.69 Å². The molecule has 1 aromatic heterocycles. The monoisotopic (exact) mass is 458 g/mol. The Bertz CT molecular complexity index is 1040. The normalized spacial score (nSPS) is 33.3. The topological polar surface area (TPSA) is 68.5 Å². The van der Waals surface area contributed by atoms with Gasteiger partial charge >= 0.3 is 0 Å². The molecule has 31 heavy (non-hydrogen) atoms. The largest absolute Gasteiger partial charge is 0.382 e. The van der Waals surface area contributed by atoms with E-state index < -0.39 is 6.10 Å². The fourth-order valence-electron chi connectivity index (χ4n) is 6.58. The molecule has 0 spiro atoms. The molecule has 4 fully saturated rings. The second-order valence-corrected chi connectivity index (χ2v) is 10.6. The fraction of sp³-hybridized carbons (Fsp3) is 0.522. The maximum Gasteiger partial charge on any atom is 0.268 e. The molecule has 1 unspecified atom stereocenters. The number of rotatable bonds is 4. The second kappa shape index (κ2) is 7.24. The Morgan fingerprint density at radius 3 is 2.48 bits per heavy atom. The van der Waals surface area contributed by atoms with E-state index in [1.54, 1.807) is 18.3 Å². The highest BCUT2D eigenvalue weighted by atomic mass is 35.5. The van der Waals surface area contributed by atoms with Crippen LogP contribution in [0.3, 0.4) is 0 Å². The fourth-order valence-corrected chi connectivity index (χ4v) is 6.88. The lowest BCUT2D eigenvalue weighted by Gasteiger charge is -2.56. The number of aromatic nitrogens is 2. The van der Waals surface area contributed by atoms with Gasteiger partial charge in [0.25, 0.3) is 5.91 Å². The van der Waals surface area contributed by atoms with Crippen molar-refractivity contribution in [2.75, 3.05) is 5.32 Å². The highest BCUT2D eigenvalue weighted by molar-refractivity contribution is 6.42. The molecular formula is C23H24Cl2N4O2. The van der Waals surface area contributed by atoms with Crippen LogP contribution >= 0.6 is 23.2 Å². The Kier molecular flexibility index (Phi) is 4.58. The van der Waals surface area contributed by atoms with Gasteiger partial charge in [-0.1, -0.05) is 34.4 Å². The molecule has 2 aromatic rings. The van der Waals surface area contributed by atoms with Crippen LogP contribution in [0.1, 0.15) is 50.5 Å². The summed E-state index contributed by atoms with van der Waals surface area (Å²) in [5, 5.41) is 12.7. The van der Waals surface area contributed by atoms with Crippen molar-refractivity contribution in [2.24, 2.45) is 22.9 Å². The third kappa shape index (κ3) is 3.44. The van der Waals surface area contributed by atoms with Gasteiger partial charge in [-0.3, -0.25) is 9.48 Å². The number of anilines is 1. The maximum absolute atomic E-state index is 12.8. The van der Waals surface area contributed by atoms with Crippen molar-refractivity contribution in [1.29, 1.82) is 0 Å². The van der Waals surface area contributed by atoms with Gasteiger partial charge in [0.05, 0.1) is 33.2 Å². The average Bonchev–Trinajstić information content (AvgIpc) is 3.39. The van der Waals surface area contributed by atoms with Gasteiger partial charge in [0.1, 0.15) is 0 Å². The number of carbonyl (C=O) groups is 1. The first-order valence-electron chi connectivity index (χ1n) is 11.0. The average molecular weight is 459 g/mol. The molecule has 0 radical (unpaired) electrons. The van der Waals surface area contributed by atoms with Crippen molar-refractivity contribution < 1.29 is 9.63 Å². The van der Waals surface area contributed by atoms with Crippen LogP contribution in [0.15, 0.2) is 35.7 Å². The van der Waals surface area contributed by atoms with Crippen molar-refractivity contribution in [2.45, 2.75) is 56.6 Å². The Labute approximate surface area is 190 Å². The molecular weight excluding hydrogens is 435 g/mol. The predicted molar refractivity (Wildman–Crippen MR) is 119 cm³/mol. The van der Waals surface area contributed by atoms with Crippen LogP contribution in [0.5, 0.6) is 0 Å². The summed E-state index contributed by atoms with van der Waals surface area (Å²) in [5.41, 5.74) is 2.35. The molecule has 6 nitrogen and oxygen atoms in total. The zero-order valence-electron chi connectivity index (χ0n) is 17.1. The van der Waals surface area contributed by atoms with E-state index in [2.05, 4.69) is 20.3 Å². The standard InChI is InChI=1S/C23H24Cl2N4O2/c24-18-2-1-16(6-19(18)25)20-7-21(31-28-20)22(30)27-17-11-26-29(12-17)23-8-13-3-14(9-23)5-15(4-13)10-23/h1-2,6,11-15,21H,3-5,7-10H2,(H,27,30). The number of carbonyl (C=O) groups excluding carboxylic acids is 1. The number of hydrogen-bond acceptors (Lipinski definition) is 4. The number of hydrogen-bond donors (Lipinski definition) is 1. The first-order chi connectivity index (χ1) is 15.0. The number of amides is 1. The number of benzene rings is 1. The van der Waals surface area contributed by atoms with Gasteiger partial charge in [-0.15, -0.1) is 0 Å². The zero-order valence-corrected chi connectivity index (χ0v) is 18.6. The highest BCUT2D eigenvalue weighted by Crippen LogP contribution is 2.58. The number of nitrogens with one attached hydrogen (secondary N) is 1. The molecule has 1 aromatic carbocycles. The van der Waals surface area contributed by atoms with E-state index in [1.807, 2.05) is 12.3 Å². The van der Waals surface area contributed by atoms with E-state index in [9.17, 15) is 4.79 Å². The van der Waals surface area contributed by atoms with Gasteiger partial charge < -0.3 is 10.2 Å². The van der Waals surface area contributed by atoms with Gasteiger partial charge in [0.2, 0.25) is 6.10 Å². The molecule has 1 atom stereocenters. The predicted octanol–water partition coefficient (Wildman–Crippen LogP) is 5.25. The molecule has 2 heterocycles. The molecule has 1 amide bonds. The Morgan fingerprint density at radius 2 is 1.81 bits per heavy atom. The van der Waals surface area contributed by atoms with Crippen molar-refractivity contribution in [3.63, 3.8) is 0 Å². The summed E-state index contributed by atoms with van der Waals surface area (Å²) in [7, 11) is 0. The molecule has 4 saturated carbocycles. The summed E-state index contributed by atoms with van der Waals surface area (Å²) in [5.74, 6) is 2.32. The summed E-state index contributed by atoms with van der Waals surface area (Å²) < 4.78 is 2.14. The maximum atomic E-state index is 12.8. The molecule has 5 aliphatic rings. The number of oxime groups is 1. The van der Waals surface area contributed by atoms with Crippen molar-refractivity contribution >= 4 is 40.5 Å². The van der Waals surface area contributed by atoms with E-state index in [0.29, 0.717) is 27.9 Å². The van der Waals surface area contributed by atoms with Gasteiger partial charge in [-0.25, -0.2) is 0 Å². The molecule has 8 heteroatoms. The van der Waals surface area contributed by atoms with E-state index in [1.165, 1.54) is 38.5 Å². The lowest BCUT2D eigenvalue weighted by Crippen LogP contribution is -2.52. The quantitative estimate of drug-likeness (QED) is 0.680. The minimum atomic E-state index is -0.674. The molecule has 7 rings (SSSR count). The minimum Gasteiger partial charge on any atom is -0.382 e. The minimum absolute atomic E-state index is 0.145. The second-order valence-electron chi connectivity index (χ2n) is 9.77. The first kappa shape index (κ1) is 19.6. The van der Waals surface area contributed by atoms with Crippen molar-refractivity contribution in [1.82, 2.24) is 9.78 Å². The highest BCUT2D eigenvalue weighted by Gasteiger charge is 2.52. The Morgan fingerprint density at radius 1 is 1.10 bits per heavy atom. The van der Waals surface area contributed by atoms with Crippen LogP contribution in [0, 0.1) is 17.8 Å². The zero-order chi connectivity index (χ0) is 21.2. The summed E-state index contributed by atoms with van der Waals surface area (Å²) >= 11 is 12.1. The van der Waals surface area contributed by atoms with Crippen LogP contribution in [-0.2, 0) is 15.2 Å². The van der Waals surface area contributed by atoms with Crippen LogP contribution in [0.2, 0.25) is 10.0 Å². The smallest absolute Gasteiger partial charge is 0.268 e. The summed E-state index contributed by atoms with van der Waals surface area (Å²) in [4.78, 5) is 18.2. The Balaban J connectivity index is 1.12. The molecule has 4 aliphatic carbocycles. The first-order valence-corrected chi connectivity index (χ1v) is 11.8. The van der Waals surface area contributed by atoms with E-state index >= 15 is 0 Å². The van der Waals surface area contributed by atoms with Crippen LogP contribution in [0.25, 0.3) is 0 Å². The van der Waals surface area contributed by atoms with Crippen molar-refractivity contribution in [3.05, 3.63) is 46.2 Å². The molecule has 162 valence electrons. The SMILES string of the molecule is O=C(Nc1cnn(C23CC4CC(CC(C4)C2)C3)c1)C1CC(c2ccc(Cl)c(Cl)c2)=NO1. The third-order valence-corrected chi connectivity index (χ3v) is 8.30. The molecule has 0 saturated heterocycles. The lowest BCUT2D eigenvalue weighted by molar-refractivity contribution is -0.125. The van der Waals surface area contributed by atoms with Gasteiger partial charge in [-0.05, 0) is 68.4 Å². The Hall–Kier alpha value is -2.05. The number of nitrogens with zero attached hydrogens (tertiary/aromatic N) is 3. The molecule has 4 bridgehead atoms. The third-order valence-electron chi connectivity index (χ3n) is 7.56. The van der Waals surface area contributed by atoms with Crippen LogP contribution in [-0.4, -0.2) is 27.5 Å².